The van der Waals surface area contributed by atoms with Gasteiger partial charge in [-0.2, -0.15) is 0 Å². The van der Waals surface area contributed by atoms with Gasteiger partial charge in [0.15, 0.2) is 5.79 Å². The molecule has 1 saturated heterocycles. The van der Waals surface area contributed by atoms with Crippen LogP contribution in [-0.4, -0.2) is 19.0 Å². The second kappa shape index (κ2) is 5.39. The minimum Gasteiger partial charge on any atom is -0.348 e. The van der Waals surface area contributed by atoms with Crippen LogP contribution in [0.5, 0.6) is 0 Å². The van der Waals surface area contributed by atoms with Gasteiger partial charge in [0.1, 0.15) is 0 Å². The fraction of sp³-hybridized carbons (Fsp3) is 0.500. The Labute approximate surface area is 122 Å². The van der Waals surface area contributed by atoms with Gasteiger partial charge in [0.25, 0.3) is 0 Å². The Balaban J connectivity index is 1.75. The minimum absolute atomic E-state index is 0.326. The molecule has 0 unspecified atom stereocenters. The Hall–Kier alpha value is -0.640. The molecule has 0 amide bonds. The topological polar surface area (TPSA) is 18.5 Å². The molecule has 1 atom stereocenters. The summed E-state index contributed by atoms with van der Waals surface area (Å²) >= 11 is 3.63. The van der Waals surface area contributed by atoms with Crippen LogP contribution in [0, 0.1) is 5.92 Å². The van der Waals surface area contributed by atoms with Crippen molar-refractivity contribution in [2.75, 3.05) is 13.2 Å². The monoisotopic (exact) mass is 322 g/mol. The highest BCUT2D eigenvalue weighted by atomic mass is 79.9. The van der Waals surface area contributed by atoms with Gasteiger partial charge in [-0.05, 0) is 30.4 Å². The zero-order chi connectivity index (χ0) is 13.3. The molecule has 1 aromatic carbocycles. The standard InChI is InChI=1S/C16H19BrO2/c1-12-6-7-16(18-8-9-19-16)11-14(12)10-13-4-2-3-5-15(13)17/h2-5,14H,1,6-11H2/t14-/m0/s1. The SMILES string of the molecule is C=C1CCC2(C[C@@H]1Cc1ccccc1Br)OCCO2. The van der Waals surface area contributed by atoms with Crippen LogP contribution < -0.4 is 0 Å². The zero-order valence-corrected chi connectivity index (χ0v) is 12.6. The summed E-state index contributed by atoms with van der Waals surface area (Å²) < 4.78 is 12.9. The van der Waals surface area contributed by atoms with E-state index in [2.05, 4.69) is 40.7 Å². The molecule has 3 heteroatoms. The predicted octanol–water partition coefficient (Wildman–Crippen LogP) is 4.09. The predicted molar refractivity (Wildman–Crippen MR) is 79.0 cm³/mol. The van der Waals surface area contributed by atoms with Crippen molar-refractivity contribution in [3.05, 3.63) is 46.5 Å². The summed E-state index contributed by atoms with van der Waals surface area (Å²) in [6.07, 6.45) is 3.91. The quantitative estimate of drug-likeness (QED) is 0.763. The van der Waals surface area contributed by atoms with Crippen LogP contribution in [0.2, 0.25) is 0 Å². The van der Waals surface area contributed by atoms with Gasteiger partial charge in [-0.3, -0.25) is 0 Å². The summed E-state index contributed by atoms with van der Waals surface area (Å²) in [5.41, 5.74) is 2.67. The average molecular weight is 323 g/mol. The molecule has 0 N–H and O–H groups in total. The first-order valence-electron chi connectivity index (χ1n) is 6.87. The summed E-state index contributed by atoms with van der Waals surface area (Å²) in [7, 11) is 0. The Bertz CT molecular complexity index is 477. The number of rotatable bonds is 2. The van der Waals surface area contributed by atoms with Gasteiger partial charge in [-0.1, -0.05) is 46.3 Å². The molecule has 102 valence electrons. The lowest BCUT2D eigenvalue weighted by Gasteiger charge is -2.37. The lowest BCUT2D eigenvalue weighted by Crippen LogP contribution is -2.37. The second-order valence-electron chi connectivity index (χ2n) is 5.46. The van der Waals surface area contributed by atoms with Crippen LogP contribution in [0.1, 0.15) is 24.8 Å². The van der Waals surface area contributed by atoms with Gasteiger partial charge in [0.2, 0.25) is 0 Å². The average Bonchev–Trinajstić information content (AvgIpc) is 2.85. The van der Waals surface area contributed by atoms with E-state index < -0.39 is 0 Å². The van der Waals surface area contributed by atoms with E-state index in [1.807, 2.05) is 6.07 Å². The Morgan fingerprint density at radius 3 is 2.74 bits per heavy atom. The zero-order valence-electron chi connectivity index (χ0n) is 11.0. The smallest absolute Gasteiger partial charge is 0.169 e. The Morgan fingerprint density at radius 1 is 1.26 bits per heavy atom. The number of hydrogen-bond donors (Lipinski definition) is 0. The molecule has 1 aliphatic carbocycles. The van der Waals surface area contributed by atoms with Crippen LogP contribution in [0.3, 0.4) is 0 Å². The minimum atomic E-state index is -0.326. The van der Waals surface area contributed by atoms with Crippen LogP contribution >= 0.6 is 15.9 Å². The highest BCUT2D eigenvalue weighted by molar-refractivity contribution is 9.10. The van der Waals surface area contributed by atoms with Crippen LogP contribution in [0.15, 0.2) is 40.9 Å². The molecule has 2 aliphatic rings. The molecule has 2 nitrogen and oxygen atoms in total. The summed E-state index contributed by atoms with van der Waals surface area (Å²) in [5, 5.41) is 0. The highest BCUT2D eigenvalue weighted by Gasteiger charge is 2.42. The fourth-order valence-corrected chi connectivity index (χ4v) is 3.53. The van der Waals surface area contributed by atoms with Gasteiger partial charge < -0.3 is 9.47 Å². The summed E-state index contributed by atoms with van der Waals surface area (Å²) in [6.45, 7) is 5.71. The van der Waals surface area contributed by atoms with Gasteiger partial charge in [-0.25, -0.2) is 0 Å². The maximum atomic E-state index is 5.85. The third-order valence-electron chi connectivity index (χ3n) is 4.20. The summed E-state index contributed by atoms with van der Waals surface area (Å²) in [6, 6.07) is 8.41. The fourth-order valence-electron chi connectivity index (χ4n) is 3.08. The molecule has 1 saturated carbocycles. The molecule has 0 radical (unpaired) electrons. The number of halogens is 1. The van der Waals surface area contributed by atoms with Crippen molar-refractivity contribution in [2.24, 2.45) is 5.92 Å². The third-order valence-corrected chi connectivity index (χ3v) is 4.97. The number of ether oxygens (including phenoxy) is 2. The van der Waals surface area contributed by atoms with Gasteiger partial charge in [0.05, 0.1) is 13.2 Å². The Kier molecular flexibility index (Phi) is 3.79. The van der Waals surface area contributed by atoms with Gasteiger partial charge in [-0.15, -0.1) is 0 Å². The van der Waals surface area contributed by atoms with Crippen molar-refractivity contribution in [3.8, 4) is 0 Å². The molecule has 1 aromatic rings. The van der Waals surface area contributed by atoms with Crippen molar-refractivity contribution in [1.29, 1.82) is 0 Å². The van der Waals surface area contributed by atoms with Gasteiger partial charge in [0, 0.05) is 17.3 Å². The number of allylic oxidation sites excluding steroid dienone is 1. The van der Waals surface area contributed by atoms with Crippen molar-refractivity contribution in [2.45, 2.75) is 31.5 Å². The van der Waals surface area contributed by atoms with Crippen LogP contribution in [0.4, 0.5) is 0 Å². The van der Waals surface area contributed by atoms with E-state index in [1.165, 1.54) is 15.6 Å². The van der Waals surface area contributed by atoms with E-state index in [4.69, 9.17) is 9.47 Å². The van der Waals surface area contributed by atoms with E-state index >= 15 is 0 Å². The molecule has 2 fully saturated rings. The molecular formula is C16H19BrO2. The number of hydrogen-bond acceptors (Lipinski definition) is 2. The molecule has 1 aliphatic heterocycles. The largest absolute Gasteiger partial charge is 0.348 e. The Morgan fingerprint density at radius 2 is 2.00 bits per heavy atom. The van der Waals surface area contributed by atoms with E-state index in [0.717, 1.165) is 38.9 Å². The lowest BCUT2D eigenvalue weighted by molar-refractivity contribution is -0.179. The first kappa shape index (κ1) is 13.3. The second-order valence-corrected chi connectivity index (χ2v) is 6.32. The van der Waals surface area contributed by atoms with Crippen molar-refractivity contribution in [3.63, 3.8) is 0 Å². The van der Waals surface area contributed by atoms with E-state index in [1.54, 1.807) is 0 Å². The molecular weight excluding hydrogens is 304 g/mol. The number of benzene rings is 1. The van der Waals surface area contributed by atoms with Crippen LogP contribution in [0.25, 0.3) is 0 Å². The molecule has 0 bridgehead atoms. The van der Waals surface area contributed by atoms with E-state index in [9.17, 15) is 0 Å². The lowest BCUT2D eigenvalue weighted by atomic mass is 9.78. The maximum Gasteiger partial charge on any atom is 0.169 e. The van der Waals surface area contributed by atoms with Crippen LogP contribution in [-0.2, 0) is 15.9 Å². The van der Waals surface area contributed by atoms with Crippen molar-refractivity contribution >= 4 is 15.9 Å². The molecule has 0 aromatic heterocycles. The normalized spacial score (nSPS) is 25.9. The highest BCUT2D eigenvalue weighted by Crippen LogP contribution is 2.42. The molecule has 3 rings (SSSR count). The summed E-state index contributed by atoms with van der Waals surface area (Å²) in [5.74, 6) is 0.123. The molecule has 19 heavy (non-hydrogen) atoms. The van der Waals surface area contributed by atoms with Crippen molar-refractivity contribution < 1.29 is 9.47 Å². The summed E-state index contributed by atoms with van der Waals surface area (Å²) in [4.78, 5) is 0. The molecule has 1 heterocycles. The van der Waals surface area contributed by atoms with Crippen molar-refractivity contribution in [1.82, 2.24) is 0 Å². The third kappa shape index (κ3) is 2.78. The van der Waals surface area contributed by atoms with E-state index in [-0.39, 0.29) is 5.79 Å². The maximum absolute atomic E-state index is 5.85. The molecule has 1 spiro atoms. The van der Waals surface area contributed by atoms with Gasteiger partial charge >= 0.3 is 0 Å². The van der Waals surface area contributed by atoms with E-state index in [0.29, 0.717) is 5.92 Å². The first-order chi connectivity index (χ1) is 9.19. The first-order valence-corrected chi connectivity index (χ1v) is 7.67.